The Morgan fingerprint density at radius 3 is 2.67 bits per heavy atom. The first-order valence-electron chi connectivity index (χ1n) is 6.49. The van der Waals surface area contributed by atoms with Crippen molar-refractivity contribution in [2.24, 2.45) is 0 Å². The van der Waals surface area contributed by atoms with Crippen LogP contribution in [0.15, 0.2) is 17.0 Å². The summed E-state index contributed by atoms with van der Waals surface area (Å²) in [6, 6.07) is 1.69. The van der Waals surface area contributed by atoms with Crippen molar-refractivity contribution >= 4 is 15.7 Å². The molecule has 1 heterocycles. The van der Waals surface area contributed by atoms with Gasteiger partial charge >= 0.3 is 0 Å². The average Bonchev–Trinajstić information content (AvgIpc) is 2.42. The van der Waals surface area contributed by atoms with Crippen molar-refractivity contribution in [1.29, 1.82) is 0 Å². The van der Waals surface area contributed by atoms with Gasteiger partial charge in [-0.05, 0) is 31.9 Å². The van der Waals surface area contributed by atoms with Gasteiger partial charge in [-0.1, -0.05) is 0 Å². The highest BCUT2D eigenvalue weighted by atomic mass is 32.2. The molecule has 1 fully saturated rings. The van der Waals surface area contributed by atoms with Crippen LogP contribution in [0.3, 0.4) is 0 Å². The minimum Gasteiger partial charge on any atom is -0.399 e. The average molecular weight is 320 g/mol. The fourth-order valence-electron chi connectivity index (χ4n) is 2.44. The molecule has 1 aliphatic heterocycles. The predicted molar refractivity (Wildman–Crippen MR) is 74.2 cm³/mol. The van der Waals surface area contributed by atoms with Gasteiger partial charge in [0.15, 0.2) is 11.6 Å². The van der Waals surface area contributed by atoms with Gasteiger partial charge in [0.2, 0.25) is 10.0 Å². The van der Waals surface area contributed by atoms with E-state index in [1.165, 1.54) is 7.11 Å². The number of methoxy groups -OCH3 is 1. The predicted octanol–water partition coefficient (Wildman–Crippen LogP) is 1.74. The van der Waals surface area contributed by atoms with Gasteiger partial charge in [0.1, 0.15) is 4.90 Å². The molecule has 0 bridgehead atoms. The van der Waals surface area contributed by atoms with Crippen LogP contribution in [-0.2, 0) is 14.8 Å². The number of nitrogens with two attached hydrogens (primary N) is 1. The molecule has 8 heteroatoms. The Kier molecular flexibility index (Phi) is 4.23. The van der Waals surface area contributed by atoms with Crippen LogP contribution in [0.1, 0.15) is 19.8 Å². The second kappa shape index (κ2) is 5.51. The van der Waals surface area contributed by atoms with Gasteiger partial charge in [-0.2, -0.15) is 4.31 Å². The molecule has 1 atom stereocenters. The van der Waals surface area contributed by atoms with Crippen molar-refractivity contribution in [3.8, 4) is 0 Å². The van der Waals surface area contributed by atoms with E-state index in [9.17, 15) is 17.2 Å². The molecule has 0 spiro atoms. The number of hydrogen-bond acceptors (Lipinski definition) is 4. The quantitative estimate of drug-likeness (QED) is 0.861. The van der Waals surface area contributed by atoms with Gasteiger partial charge in [-0.3, -0.25) is 0 Å². The highest BCUT2D eigenvalue weighted by Crippen LogP contribution is 2.30. The Hall–Kier alpha value is -1.25. The summed E-state index contributed by atoms with van der Waals surface area (Å²) in [5.41, 5.74) is 4.64. The summed E-state index contributed by atoms with van der Waals surface area (Å²) in [7, 11) is -2.66. The number of sulfonamides is 1. The number of halogens is 2. The number of anilines is 1. The van der Waals surface area contributed by atoms with Crippen LogP contribution in [0.2, 0.25) is 0 Å². The van der Waals surface area contributed by atoms with Crippen molar-refractivity contribution in [1.82, 2.24) is 4.31 Å². The first-order valence-corrected chi connectivity index (χ1v) is 7.93. The second-order valence-electron chi connectivity index (χ2n) is 5.41. The van der Waals surface area contributed by atoms with Gasteiger partial charge in [0.05, 0.1) is 5.60 Å². The molecule has 1 aromatic rings. The third-order valence-electron chi connectivity index (χ3n) is 3.75. The molecule has 1 aliphatic rings. The smallest absolute Gasteiger partial charge is 0.246 e. The number of nitrogen functional groups attached to an aromatic ring is 1. The summed E-state index contributed by atoms with van der Waals surface area (Å²) in [6.07, 6.45) is 1.28. The van der Waals surface area contributed by atoms with E-state index in [2.05, 4.69) is 0 Å². The number of rotatable bonds is 3. The Bertz CT molecular complexity index is 651. The lowest BCUT2D eigenvalue weighted by atomic mass is 9.96. The van der Waals surface area contributed by atoms with Crippen LogP contribution in [0.5, 0.6) is 0 Å². The molecule has 118 valence electrons. The first-order chi connectivity index (χ1) is 9.69. The van der Waals surface area contributed by atoms with E-state index in [1.54, 1.807) is 6.92 Å². The maximum Gasteiger partial charge on any atom is 0.246 e. The number of ether oxygens (including phenoxy) is 1. The van der Waals surface area contributed by atoms with E-state index in [0.29, 0.717) is 12.8 Å². The lowest BCUT2D eigenvalue weighted by molar-refractivity contribution is -0.0319. The van der Waals surface area contributed by atoms with Crippen LogP contribution in [0.4, 0.5) is 14.5 Å². The number of benzene rings is 1. The van der Waals surface area contributed by atoms with E-state index in [1.807, 2.05) is 0 Å². The van der Waals surface area contributed by atoms with Crippen molar-refractivity contribution in [3.63, 3.8) is 0 Å². The van der Waals surface area contributed by atoms with Gasteiger partial charge in [-0.25, -0.2) is 17.2 Å². The molecule has 2 rings (SSSR count). The van der Waals surface area contributed by atoms with Crippen LogP contribution in [0, 0.1) is 11.6 Å². The monoisotopic (exact) mass is 320 g/mol. The van der Waals surface area contributed by atoms with Crippen LogP contribution in [0.25, 0.3) is 0 Å². The fourth-order valence-corrected chi connectivity index (χ4v) is 4.14. The molecule has 1 saturated heterocycles. The van der Waals surface area contributed by atoms with Gasteiger partial charge in [0, 0.05) is 25.9 Å². The highest BCUT2D eigenvalue weighted by molar-refractivity contribution is 7.89. The summed E-state index contributed by atoms with van der Waals surface area (Å²) in [5.74, 6) is -2.69. The van der Waals surface area contributed by atoms with Crippen molar-refractivity contribution in [2.45, 2.75) is 30.3 Å². The topological polar surface area (TPSA) is 72.6 Å². The molecular formula is C13H18F2N2O3S. The summed E-state index contributed by atoms with van der Waals surface area (Å²) in [5, 5.41) is 0. The molecular weight excluding hydrogens is 302 g/mol. The van der Waals surface area contributed by atoms with Crippen LogP contribution >= 0.6 is 0 Å². The maximum absolute atomic E-state index is 13.8. The fraction of sp³-hybridized carbons (Fsp3) is 0.538. The Balaban J connectivity index is 2.43. The third-order valence-corrected chi connectivity index (χ3v) is 5.60. The molecule has 5 nitrogen and oxygen atoms in total. The lowest BCUT2D eigenvalue weighted by Gasteiger charge is -2.38. The molecule has 0 saturated carbocycles. The summed E-state index contributed by atoms with van der Waals surface area (Å²) >= 11 is 0. The first kappa shape index (κ1) is 16.1. The molecule has 1 unspecified atom stereocenters. The molecule has 21 heavy (non-hydrogen) atoms. The minimum absolute atomic E-state index is 0.0850. The molecule has 2 N–H and O–H groups in total. The van der Waals surface area contributed by atoms with Gasteiger partial charge in [0.25, 0.3) is 0 Å². The highest BCUT2D eigenvalue weighted by Gasteiger charge is 2.38. The van der Waals surface area contributed by atoms with E-state index in [0.717, 1.165) is 16.4 Å². The van der Waals surface area contributed by atoms with E-state index < -0.39 is 32.2 Å². The Morgan fingerprint density at radius 2 is 2.05 bits per heavy atom. The van der Waals surface area contributed by atoms with E-state index in [4.69, 9.17) is 10.5 Å². The minimum atomic E-state index is -4.16. The normalized spacial score (nSPS) is 24.2. The maximum atomic E-state index is 13.8. The zero-order valence-electron chi connectivity index (χ0n) is 11.9. The van der Waals surface area contributed by atoms with E-state index >= 15 is 0 Å². The molecule has 0 radical (unpaired) electrons. The third kappa shape index (κ3) is 3.02. The number of nitrogens with zero attached hydrogens (tertiary/aromatic N) is 1. The molecule has 0 amide bonds. The van der Waals surface area contributed by atoms with E-state index in [-0.39, 0.29) is 18.8 Å². The number of piperidine rings is 1. The number of hydrogen-bond donors (Lipinski definition) is 1. The van der Waals surface area contributed by atoms with Crippen LogP contribution in [-0.4, -0.2) is 38.5 Å². The lowest BCUT2D eigenvalue weighted by Crippen LogP contribution is -2.49. The Labute approximate surface area is 122 Å². The molecule has 0 aromatic heterocycles. The zero-order valence-corrected chi connectivity index (χ0v) is 12.7. The van der Waals surface area contributed by atoms with Crippen molar-refractivity contribution < 1.29 is 21.9 Å². The standard InChI is InChI=1S/C13H18F2N2O3S/c1-13(20-2)4-3-5-17(8-13)21(18,19)11-7-9(16)6-10(14)12(11)15/h6-7H,3-5,8,16H2,1-2H3. The zero-order chi connectivity index (χ0) is 15.8. The Morgan fingerprint density at radius 1 is 1.38 bits per heavy atom. The summed E-state index contributed by atoms with van der Waals surface area (Å²) < 4.78 is 58.7. The molecule has 0 aliphatic carbocycles. The SMILES string of the molecule is COC1(C)CCCN(S(=O)(=O)c2cc(N)cc(F)c2F)C1. The van der Waals surface area contributed by atoms with Crippen molar-refractivity contribution in [2.75, 3.05) is 25.9 Å². The van der Waals surface area contributed by atoms with Gasteiger partial charge < -0.3 is 10.5 Å². The summed E-state index contributed by atoms with van der Waals surface area (Å²) in [4.78, 5) is -0.736. The summed E-state index contributed by atoms with van der Waals surface area (Å²) in [6.45, 7) is 2.10. The molecule has 1 aromatic carbocycles. The van der Waals surface area contributed by atoms with Crippen LogP contribution < -0.4 is 5.73 Å². The van der Waals surface area contributed by atoms with Crippen molar-refractivity contribution in [3.05, 3.63) is 23.8 Å². The largest absolute Gasteiger partial charge is 0.399 e. The van der Waals surface area contributed by atoms with Gasteiger partial charge in [-0.15, -0.1) is 0 Å². The second-order valence-corrected chi connectivity index (χ2v) is 7.32.